The van der Waals surface area contributed by atoms with E-state index in [-0.39, 0.29) is 26.1 Å². The lowest BCUT2D eigenvalue weighted by Gasteiger charge is -2.24. The van der Waals surface area contributed by atoms with Crippen molar-refractivity contribution in [3.05, 3.63) is 59.7 Å². The largest absolute Gasteiger partial charge is 0.597 e. The van der Waals surface area contributed by atoms with Gasteiger partial charge in [0.2, 0.25) is 0 Å². The van der Waals surface area contributed by atoms with Gasteiger partial charge >= 0.3 is 0 Å². The fourth-order valence-electron chi connectivity index (χ4n) is 4.44. The number of aliphatic hydroxyl groups excluding tert-OH is 3. The molecule has 8 heteroatoms. The van der Waals surface area contributed by atoms with E-state index in [1.807, 2.05) is 48.5 Å². The molecule has 2 fully saturated rings. The summed E-state index contributed by atoms with van der Waals surface area (Å²) in [7, 11) is -3.64. The third-order valence-electron chi connectivity index (χ3n) is 6.12. The van der Waals surface area contributed by atoms with E-state index in [2.05, 4.69) is 0 Å². The third-order valence-corrected chi connectivity index (χ3v) is 8.43. The van der Waals surface area contributed by atoms with Crippen molar-refractivity contribution in [3.8, 4) is 11.1 Å². The summed E-state index contributed by atoms with van der Waals surface area (Å²) in [5, 5.41) is 28.2. The Morgan fingerprint density at radius 1 is 1.23 bits per heavy atom. The van der Waals surface area contributed by atoms with E-state index in [9.17, 15) is 24.1 Å². The molecule has 0 aromatic heterocycles. The first kappa shape index (κ1) is 21.6. The van der Waals surface area contributed by atoms with E-state index in [4.69, 9.17) is 4.74 Å². The Morgan fingerprint density at radius 2 is 1.97 bits per heavy atom. The maximum absolute atomic E-state index is 13.0. The summed E-state index contributed by atoms with van der Waals surface area (Å²) in [6.45, 7) is 1.33. The zero-order chi connectivity index (χ0) is 21.5. The van der Waals surface area contributed by atoms with E-state index >= 15 is 0 Å². The molecule has 5 atom stereocenters. The molecule has 0 radical (unpaired) electrons. The SMILES string of the molecule is CC(O)c1cccc(-c2ccc(CN3C[C@]4(CO)OC(CO)C[C@H]4[S+]3(=O)[O-])cc2)c1. The van der Waals surface area contributed by atoms with Crippen LogP contribution in [0, 0.1) is 0 Å². The van der Waals surface area contributed by atoms with Gasteiger partial charge in [-0.25, -0.2) is 0 Å². The summed E-state index contributed by atoms with van der Waals surface area (Å²) < 4.78 is 33.2. The minimum Gasteiger partial charge on any atom is -0.597 e. The number of nitrogens with zero attached hydrogens (tertiary/aromatic N) is 1. The summed E-state index contributed by atoms with van der Waals surface area (Å²) in [5.74, 6) is 0. The van der Waals surface area contributed by atoms with Gasteiger partial charge in [0.15, 0.2) is 10.9 Å². The highest BCUT2D eigenvalue weighted by Gasteiger charge is 2.66. The van der Waals surface area contributed by atoms with Gasteiger partial charge < -0.3 is 24.6 Å². The Labute approximate surface area is 177 Å². The highest BCUT2D eigenvalue weighted by atomic mass is 32.3. The molecule has 0 amide bonds. The average Bonchev–Trinajstić information content (AvgIpc) is 3.22. The highest BCUT2D eigenvalue weighted by Crippen LogP contribution is 2.46. The van der Waals surface area contributed by atoms with Crippen LogP contribution in [0.3, 0.4) is 0 Å². The van der Waals surface area contributed by atoms with Crippen molar-refractivity contribution in [2.75, 3.05) is 19.8 Å². The van der Waals surface area contributed by atoms with Crippen LogP contribution in [0.2, 0.25) is 0 Å². The summed E-state index contributed by atoms with van der Waals surface area (Å²) in [4.78, 5) is 0. The molecule has 2 aliphatic rings. The Kier molecular flexibility index (Phi) is 5.84. The van der Waals surface area contributed by atoms with Crippen LogP contribution in [-0.4, -0.2) is 60.9 Å². The molecule has 4 rings (SSSR count). The number of fused-ring (bicyclic) bond motifs is 1. The number of hydrogen-bond donors (Lipinski definition) is 3. The van der Waals surface area contributed by atoms with Crippen LogP contribution in [0.5, 0.6) is 0 Å². The van der Waals surface area contributed by atoms with Crippen molar-refractivity contribution < 1.29 is 28.8 Å². The van der Waals surface area contributed by atoms with Crippen LogP contribution in [0.15, 0.2) is 48.5 Å². The molecule has 2 heterocycles. The molecule has 3 unspecified atom stereocenters. The van der Waals surface area contributed by atoms with Crippen molar-refractivity contribution in [1.82, 2.24) is 4.31 Å². The van der Waals surface area contributed by atoms with Crippen LogP contribution in [0.4, 0.5) is 0 Å². The second-order valence-electron chi connectivity index (χ2n) is 8.18. The lowest BCUT2D eigenvalue weighted by molar-refractivity contribution is -0.0849. The van der Waals surface area contributed by atoms with Crippen LogP contribution in [-0.2, 0) is 25.9 Å². The molecule has 2 aromatic carbocycles. The smallest absolute Gasteiger partial charge is 0.172 e. The van der Waals surface area contributed by atoms with Gasteiger partial charge in [0.1, 0.15) is 10.4 Å². The van der Waals surface area contributed by atoms with Crippen LogP contribution in [0.25, 0.3) is 11.1 Å². The minimum absolute atomic E-state index is 0.0746. The average molecular weight is 434 g/mol. The molecule has 0 bridgehead atoms. The zero-order valence-electron chi connectivity index (χ0n) is 16.8. The zero-order valence-corrected chi connectivity index (χ0v) is 17.6. The van der Waals surface area contributed by atoms with Gasteiger partial charge in [0, 0.05) is 6.42 Å². The summed E-state index contributed by atoms with van der Waals surface area (Å²) >= 11 is 0. The monoisotopic (exact) mass is 433 g/mol. The van der Waals surface area contributed by atoms with Crippen LogP contribution >= 0.6 is 0 Å². The summed E-state index contributed by atoms with van der Waals surface area (Å²) in [6.07, 6.45) is -0.916. The first-order valence-electron chi connectivity index (χ1n) is 10.0. The number of sulfonamides is 1. The Morgan fingerprint density at radius 3 is 2.57 bits per heavy atom. The standard InChI is InChI=1S/C22H27NO6S/c1-15(26)18-3-2-4-19(9-18)17-7-5-16(6-8-17)11-23-13-22(14-25)21(30(23,27)28)10-20(12-24)29-22/h2-9,15,20-21,24-26H,10-14H2,1H3/t15?,20?,21-,22-/m1/s1. The van der Waals surface area contributed by atoms with Crippen molar-refractivity contribution in [1.29, 1.82) is 0 Å². The summed E-state index contributed by atoms with van der Waals surface area (Å²) in [5.41, 5.74) is 2.45. The molecule has 2 saturated heterocycles. The lowest BCUT2D eigenvalue weighted by atomic mass is 9.99. The fourth-order valence-corrected chi connectivity index (χ4v) is 6.73. The molecular formula is C22H27NO6S. The van der Waals surface area contributed by atoms with E-state index in [1.165, 1.54) is 4.31 Å². The maximum atomic E-state index is 13.0. The topological polar surface area (TPSA) is 113 Å². The highest BCUT2D eigenvalue weighted by molar-refractivity contribution is 7.96. The summed E-state index contributed by atoms with van der Waals surface area (Å²) in [6, 6.07) is 15.3. The van der Waals surface area contributed by atoms with Gasteiger partial charge in [-0.1, -0.05) is 46.7 Å². The van der Waals surface area contributed by atoms with E-state index in [1.54, 1.807) is 6.92 Å². The second kappa shape index (κ2) is 8.12. The van der Waals surface area contributed by atoms with Crippen LogP contribution < -0.4 is 0 Å². The molecule has 7 nitrogen and oxygen atoms in total. The van der Waals surface area contributed by atoms with Gasteiger partial charge in [-0.2, -0.15) is 0 Å². The molecule has 30 heavy (non-hydrogen) atoms. The molecule has 0 aliphatic carbocycles. The predicted molar refractivity (Wildman–Crippen MR) is 112 cm³/mol. The number of aliphatic hydroxyl groups is 3. The second-order valence-corrected chi connectivity index (χ2v) is 10.3. The first-order valence-corrected chi connectivity index (χ1v) is 11.6. The lowest BCUT2D eigenvalue weighted by Crippen LogP contribution is -2.44. The number of ether oxygens (including phenoxy) is 1. The Bertz CT molecular complexity index is 949. The van der Waals surface area contributed by atoms with Crippen LogP contribution in [0.1, 0.15) is 30.6 Å². The van der Waals surface area contributed by atoms with E-state index < -0.39 is 40.1 Å². The number of hydrogen-bond acceptors (Lipinski definition) is 6. The van der Waals surface area contributed by atoms with Gasteiger partial charge in [0.05, 0.1) is 38.5 Å². The predicted octanol–water partition coefficient (Wildman–Crippen LogP) is 1.65. The Balaban J connectivity index is 1.52. The quantitative estimate of drug-likeness (QED) is 0.597. The van der Waals surface area contributed by atoms with Crippen molar-refractivity contribution in [3.63, 3.8) is 0 Å². The third kappa shape index (κ3) is 3.73. The minimum atomic E-state index is -3.64. The first-order chi connectivity index (χ1) is 14.3. The molecular weight excluding hydrogens is 406 g/mol. The van der Waals surface area contributed by atoms with E-state index in [0.29, 0.717) is 0 Å². The molecule has 2 aliphatic heterocycles. The van der Waals surface area contributed by atoms with Gasteiger partial charge in [-0.05, 0) is 35.2 Å². The van der Waals surface area contributed by atoms with Gasteiger partial charge in [-0.3, -0.25) is 0 Å². The molecule has 3 N–H and O–H groups in total. The van der Waals surface area contributed by atoms with Crippen molar-refractivity contribution in [2.45, 2.75) is 42.9 Å². The van der Waals surface area contributed by atoms with E-state index in [0.717, 1.165) is 22.3 Å². The maximum Gasteiger partial charge on any atom is 0.172 e. The normalized spacial score (nSPS) is 32.3. The molecule has 162 valence electrons. The number of rotatable bonds is 6. The van der Waals surface area contributed by atoms with Gasteiger partial charge in [-0.15, -0.1) is 4.31 Å². The van der Waals surface area contributed by atoms with Crippen molar-refractivity contribution in [2.24, 2.45) is 0 Å². The molecule has 0 saturated carbocycles. The van der Waals surface area contributed by atoms with Gasteiger partial charge in [0.25, 0.3) is 0 Å². The van der Waals surface area contributed by atoms with Crippen molar-refractivity contribution >= 4 is 10.4 Å². The molecule has 2 aromatic rings. The molecule has 0 spiro atoms. The number of benzene rings is 2. The fraction of sp³-hybridized carbons (Fsp3) is 0.455. The Hall–Kier alpha value is -1.65.